The lowest BCUT2D eigenvalue weighted by molar-refractivity contribution is -0.125. The summed E-state index contributed by atoms with van der Waals surface area (Å²) in [7, 11) is 0. The van der Waals surface area contributed by atoms with Crippen molar-refractivity contribution in [2.75, 3.05) is 6.61 Å². The van der Waals surface area contributed by atoms with Gasteiger partial charge in [-0.2, -0.15) is 0 Å². The van der Waals surface area contributed by atoms with Crippen LogP contribution in [0.1, 0.15) is 59.4 Å². The second-order valence-corrected chi connectivity index (χ2v) is 7.79. The van der Waals surface area contributed by atoms with Crippen molar-refractivity contribution >= 4 is 17.7 Å². The van der Waals surface area contributed by atoms with Gasteiger partial charge < -0.3 is 10.1 Å². The van der Waals surface area contributed by atoms with Gasteiger partial charge in [0.05, 0.1) is 5.56 Å². The van der Waals surface area contributed by atoms with E-state index in [9.17, 15) is 14.4 Å². The molecule has 1 aliphatic carbocycles. The predicted octanol–water partition coefficient (Wildman–Crippen LogP) is 4.02. The van der Waals surface area contributed by atoms with Crippen LogP contribution in [0.15, 0.2) is 54.6 Å². The van der Waals surface area contributed by atoms with Gasteiger partial charge in [-0.05, 0) is 30.4 Å². The van der Waals surface area contributed by atoms with Gasteiger partial charge in [0.15, 0.2) is 12.4 Å². The maximum atomic E-state index is 12.4. The van der Waals surface area contributed by atoms with Crippen molar-refractivity contribution in [1.82, 2.24) is 5.32 Å². The molecule has 5 heteroatoms. The smallest absolute Gasteiger partial charge is 0.338 e. The SMILES string of the molecule is C[C@@H]1[C@@H](C)CCC[C@H]1NC(=O)COC(=O)c1ccc(C(=O)c2ccccc2)cc1. The zero-order valence-corrected chi connectivity index (χ0v) is 16.9. The van der Waals surface area contributed by atoms with Gasteiger partial charge >= 0.3 is 5.97 Å². The van der Waals surface area contributed by atoms with E-state index in [2.05, 4.69) is 19.2 Å². The lowest BCUT2D eigenvalue weighted by Gasteiger charge is -2.34. The van der Waals surface area contributed by atoms with Crippen molar-refractivity contribution in [2.24, 2.45) is 11.8 Å². The molecule has 0 bridgehead atoms. The van der Waals surface area contributed by atoms with Crippen molar-refractivity contribution in [1.29, 1.82) is 0 Å². The molecule has 152 valence electrons. The van der Waals surface area contributed by atoms with Gasteiger partial charge in [0.2, 0.25) is 0 Å². The molecule has 1 N–H and O–H groups in total. The van der Waals surface area contributed by atoms with Crippen LogP contribution in [0, 0.1) is 11.8 Å². The van der Waals surface area contributed by atoms with Crippen molar-refractivity contribution in [3.8, 4) is 0 Å². The fourth-order valence-corrected chi connectivity index (χ4v) is 3.76. The highest BCUT2D eigenvalue weighted by atomic mass is 16.5. The third kappa shape index (κ3) is 5.31. The Morgan fingerprint density at radius 2 is 1.52 bits per heavy atom. The summed E-state index contributed by atoms with van der Waals surface area (Å²) >= 11 is 0. The topological polar surface area (TPSA) is 72.5 Å². The summed E-state index contributed by atoms with van der Waals surface area (Å²) in [4.78, 5) is 36.8. The minimum absolute atomic E-state index is 0.110. The Morgan fingerprint density at radius 1 is 0.897 bits per heavy atom. The summed E-state index contributed by atoms with van der Waals surface area (Å²) in [6, 6.07) is 15.4. The van der Waals surface area contributed by atoms with E-state index in [1.54, 1.807) is 48.5 Å². The van der Waals surface area contributed by atoms with Gasteiger partial charge in [-0.15, -0.1) is 0 Å². The lowest BCUT2D eigenvalue weighted by atomic mass is 9.78. The first-order chi connectivity index (χ1) is 14.0. The van der Waals surface area contributed by atoms with Gasteiger partial charge in [-0.1, -0.05) is 69.2 Å². The molecule has 3 atom stereocenters. The standard InChI is InChI=1S/C24H27NO4/c1-16-7-6-10-21(17(16)2)25-22(26)15-29-24(28)20-13-11-19(12-14-20)23(27)18-8-4-3-5-9-18/h3-5,8-9,11-14,16-17,21H,6-7,10,15H2,1-2H3,(H,25,26)/t16-,17+,21+/m0/s1. The van der Waals surface area contributed by atoms with Crippen molar-refractivity contribution < 1.29 is 19.1 Å². The molecular formula is C24H27NO4. The van der Waals surface area contributed by atoms with Crippen LogP contribution in [-0.4, -0.2) is 30.3 Å². The molecule has 0 unspecified atom stereocenters. The summed E-state index contributed by atoms with van der Waals surface area (Å²) in [6.07, 6.45) is 3.25. The van der Waals surface area contributed by atoms with Crippen LogP contribution in [0.5, 0.6) is 0 Å². The molecule has 0 aliphatic heterocycles. The maximum absolute atomic E-state index is 12.4. The van der Waals surface area contributed by atoms with Crippen LogP contribution in [0.2, 0.25) is 0 Å². The number of ether oxygens (including phenoxy) is 1. The summed E-state index contributed by atoms with van der Waals surface area (Å²) < 4.78 is 5.14. The molecule has 0 heterocycles. The zero-order valence-electron chi connectivity index (χ0n) is 16.9. The molecule has 0 saturated heterocycles. The van der Waals surface area contributed by atoms with E-state index in [0.29, 0.717) is 28.5 Å². The van der Waals surface area contributed by atoms with Crippen LogP contribution in [0.3, 0.4) is 0 Å². The number of amides is 1. The lowest BCUT2D eigenvalue weighted by Crippen LogP contribution is -2.45. The Balaban J connectivity index is 1.52. The predicted molar refractivity (Wildman–Crippen MR) is 111 cm³/mol. The molecule has 0 spiro atoms. The number of carbonyl (C=O) groups is 3. The number of ketones is 1. The first-order valence-corrected chi connectivity index (χ1v) is 10.1. The first kappa shape index (κ1) is 20.8. The number of carbonyl (C=O) groups excluding carboxylic acids is 3. The molecule has 29 heavy (non-hydrogen) atoms. The molecule has 1 amide bonds. The van der Waals surface area contributed by atoms with Crippen molar-refractivity contribution in [3.05, 3.63) is 71.3 Å². The third-order valence-electron chi connectivity index (χ3n) is 5.81. The fourth-order valence-electron chi connectivity index (χ4n) is 3.76. The van der Waals surface area contributed by atoms with Crippen LogP contribution in [0.25, 0.3) is 0 Å². The Bertz CT molecular complexity index is 860. The molecule has 0 aromatic heterocycles. The number of hydrogen-bond donors (Lipinski definition) is 1. The van der Waals surface area contributed by atoms with Crippen LogP contribution < -0.4 is 5.32 Å². The summed E-state index contributed by atoms with van der Waals surface area (Å²) in [6.45, 7) is 4.05. The molecule has 5 nitrogen and oxygen atoms in total. The average Bonchev–Trinajstić information content (AvgIpc) is 2.75. The van der Waals surface area contributed by atoms with Gasteiger partial charge in [0, 0.05) is 17.2 Å². The van der Waals surface area contributed by atoms with Crippen molar-refractivity contribution in [3.63, 3.8) is 0 Å². The largest absolute Gasteiger partial charge is 0.452 e. The number of benzene rings is 2. The maximum Gasteiger partial charge on any atom is 0.338 e. The van der Waals surface area contributed by atoms with E-state index < -0.39 is 5.97 Å². The molecule has 2 aromatic carbocycles. The molecule has 1 fully saturated rings. The highest BCUT2D eigenvalue weighted by Crippen LogP contribution is 2.29. The van der Waals surface area contributed by atoms with E-state index in [-0.39, 0.29) is 24.3 Å². The fraction of sp³-hybridized carbons (Fsp3) is 0.375. The molecule has 1 aliphatic rings. The monoisotopic (exact) mass is 393 g/mol. The second-order valence-electron chi connectivity index (χ2n) is 7.79. The Kier molecular flexibility index (Phi) is 6.81. The second kappa shape index (κ2) is 9.50. The van der Waals surface area contributed by atoms with Crippen LogP contribution >= 0.6 is 0 Å². The zero-order chi connectivity index (χ0) is 20.8. The van der Waals surface area contributed by atoms with Crippen LogP contribution in [0.4, 0.5) is 0 Å². The van der Waals surface area contributed by atoms with E-state index in [4.69, 9.17) is 4.74 Å². The van der Waals surface area contributed by atoms with Gasteiger partial charge in [-0.3, -0.25) is 9.59 Å². The Morgan fingerprint density at radius 3 is 2.21 bits per heavy atom. The third-order valence-corrected chi connectivity index (χ3v) is 5.81. The summed E-state index contributed by atoms with van der Waals surface area (Å²) in [5.41, 5.74) is 1.39. The Labute approximate surface area is 171 Å². The first-order valence-electron chi connectivity index (χ1n) is 10.1. The van der Waals surface area contributed by atoms with Gasteiger partial charge in [-0.25, -0.2) is 4.79 Å². The average molecular weight is 393 g/mol. The highest BCUT2D eigenvalue weighted by Gasteiger charge is 2.28. The minimum atomic E-state index is -0.580. The summed E-state index contributed by atoms with van der Waals surface area (Å²) in [5, 5.41) is 2.99. The normalized spacial score (nSPS) is 21.2. The van der Waals surface area contributed by atoms with E-state index in [1.807, 2.05) is 6.07 Å². The van der Waals surface area contributed by atoms with E-state index in [0.717, 1.165) is 12.8 Å². The quantitative estimate of drug-likeness (QED) is 0.594. The van der Waals surface area contributed by atoms with Crippen LogP contribution in [-0.2, 0) is 9.53 Å². The van der Waals surface area contributed by atoms with Gasteiger partial charge in [0.25, 0.3) is 5.91 Å². The molecule has 3 rings (SSSR count). The number of esters is 1. The molecule has 1 saturated carbocycles. The minimum Gasteiger partial charge on any atom is -0.452 e. The number of hydrogen-bond acceptors (Lipinski definition) is 4. The van der Waals surface area contributed by atoms with E-state index >= 15 is 0 Å². The number of rotatable bonds is 6. The Hall–Kier alpha value is -2.95. The molecule has 0 radical (unpaired) electrons. The van der Waals surface area contributed by atoms with E-state index in [1.165, 1.54) is 6.42 Å². The van der Waals surface area contributed by atoms with Crippen molar-refractivity contribution in [2.45, 2.75) is 39.2 Å². The molecular weight excluding hydrogens is 366 g/mol. The van der Waals surface area contributed by atoms with Gasteiger partial charge in [0.1, 0.15) is 0 Å². The summed E-state index contributed by atoms with van der Waals surface area (Å²) in [5.74, 6) is 0.0247. The highest BCUT2D eigenvalue weighted by molar-refractivity contribution is 6.09. The number of nitrogens with one attached hydrogen (secondary N) is 1. The molecule has 2 aromatic rings.